The SMILES string of the molecule is C=CCN(C(=O)C(CS)NC(=O)OC(C)(C)C)C(C(=O)NC1CCCCC1)c1cccc(C=C)c1. The average molecular weight is 502 g/mol. The van der Waals surface area contributed by atoms with Gasteiger partial charge in [-0.05, 0) is 50.8 Å². The summed E-state index contributed by atoms with van der Waals surface area (Å²) in [5, 5.41) is 5.75. The van der Waals surface area contributed by atoms with E-state index >= 15 is 0 Å². The van der Waals surface area contributed by atoms with Gasteiger partial charge >= 0.3 is 6.09 Å². The molecule has 0 spiro atoms. The molecule has 1 saturated carbocycles. The third-order valence-electron chi connectivity index (χ3n) is 5.75. The smallest absolute Gasteiger partial charge is 0.408 e. The van der Waals surface area contributed by atoms with Crippen LogP contribution in [0.2, 0.25) is 0 Å². The lowest BCUT2D eigenvalue weighted by Crippen LogP contribution is -2.54. The summed E-state index contributed by atoms with van der Waals surface area (Å²) in [5.41, 5.74) is 0.769. The van der Waals surface area contributed by atoms with E-state index in [0.29, 0.717) is 5.56 Å². The maximum absolute atomic E-state index is 13.7. The van der Waals surface area contributed by atoms with Crippen molar-refractivity contribution in [2.45, 2.75) is 76.6 Å². The lowest BCUT2D eigenvalue weighted by molar-refractivity contribution is -0.141. The molecule has 0 aliphatic heterocycles. The van der Waals surface area contributed by atoms with Crippen molar-refractivity contribution in [1.82, 2.24) is 15.5 Å². The molecular weight excluding hydrogens is 462 g/mol. The predicted octanol–water partition coefficient (Wildman–Crippen LogP) is 4.66. The second kappa shape index (κ2) is 13.4. The van der Waals surface area contributed by atoms with Crippen LogP contribution in [0.25, 0.3) is 6.08 Å². The largest absolute Gasteiger partial charge is 0.444 e. The van der Waals surface area contributed by atoms with E-state index in [1.807, 2.05) is 24.3 Å². The maximum Gasteiger partial charge on any atom is 0.408 e. The highest BCUT2D eigenvalue weighted by atomic mass is 32.1. The fourth-order valence-electron chi connectivity index (χ4n) is 4.15. The Balaban J connectivity index is 2.39. The van der Waals surface area contributed by atoms with Crippen molar-refractivity contribution in [2.24, 2.45) is 0 Å². The van der Waals surface area contributed by atoms with Gasteiger partial charge in [-0.3, -0.25) is 9.59 Å². The van der Waals surface area contributed by atoms with Gasteiger partial charge in [-0.25, -0.2) is 4.79 Å². The molecule has 1 aromatic carbocycles. The van der Waals surface area contributed by atoms with Crippen LogP contribution in [0.5, 0.6) is 0 Å². The molecule has 192 valence electrons. The Bertz CT molecular complexity index is 906. The summed E-state index contributed by atoms with van der Waals surface area (Å²) in [6.45, 7) is 12.9. The van der Waals surface area contributed by atoms with Crippen molar-refractivity contribution >= 4 is 36.6 Å². The summed E-state index contributed by atoms with van der Waals surface area (Å²) in [6.07, 6.45) is 7.68. The van der Waals surface area contributed by atoms with Gasteiger partial charge in [-0.2, -0.15) is 12.6 Å². The van der Waals surface area contributed by atoms with E-state index in [1.165, 1.54) is 4.90 Å². The van der Waals surface area contributed by atoms with Crippen molar-refractivity contribution < 1.29 is 19.1 Å². The topological polar surface area (TPSA) is 87.7 Å². The Morgan fingerprint density at radius 2 is 1.89 bits per heavy atom. The Labute approximate surface area is 214 Å². The first-order chi connectivity index (χ1) is 16.6. The second-order valence-electron chi connectivity index (χ2n) is 9.78. The molecule has 2 atom stereocenters. The fraction of sp³-hybridized carbons (Fsp3) is 0.519. The second-order valence-corrected chi connectivity index (χ2v) is 10.1. The summed E-state index contributed by atoms with van der Waals surface area (Å²) >= 11 is 4.29. The van der Waals surface area contributed by atoms with Crippen molar-refractivity contribution in [3.63, 3.8) is 0 Å². The number of hydrogen-bond donors (Lipinski definition) is 3. The molecule has 2 unspecified atom stereocenters. The minimum Gasteiger partial charge on any atom is -0.444 e. The van der Waals surface area contributed by atoms with Crippen LogP contribution in [-0.2, 0) is 14.3 Å². The first kappa shape index (κ1) is 28.5. The number of thiol groups is 1. The summed E-state index contributed by atoms with van der Waals surface area (Å²) in [7, 11) is 0. The van der Waals surface area contributed by atoms with Gasteiger partial charge < -0.3 is 20.3 Å². The van der Waals surface area contributed by atoms with Crippen LogP contribution in [0.4, 0.5) is 4.79 Å². The van der Waals surface area contributed by atoms with E-state index < -0.39 is 29.7 Å². The number of benzene rings is 1. The molecule has 0 radical (unpaired) electrons. The highest BCUT2D eigenvalue weighted by Gasteiger charge is 2.36. The molecule has 0 bridgehead atoms. The van der Waals surface area contributed by atoms with Gasteiger partial charge in [0.15, 0.2) is 0 Å². The van der Waals surface area contributed by atoms with Crippen LogP contribution < -0.4 is 10.6 Å². The van der Waals surface area contributed by atoms with Crippen LogP contribution >= 0.6 is 12.6 Å². The Hall–Kier alpha value is -2.74. The molecule has 1 aromatic rings. The third-order valence-corrected chi connectivity index (χ3v) is 6.12. The quantitative estimate of drug-likeness (QED) is 0.322. The highest BCUT2D eigenvalue weighted by Crippen LogP contribution is 2.26. The number of carbonyl (C=O) groups is 3. The van der Waals surface area contributed by atoms with E-state index in [9.17, 15) is 14.4 Å². The lowest BCUT2D eigenvalue weighted by atomic mass is 9.94. The van der Waals surface area contributed by atoms with E-state index in [2.05, 4.69) is 36.4 Å². The van der Waals surface area contributed by atoms with Crippen molar-refractivity contribution in [1.29, 1.82) is 0 Å². The fourth-order valence-corrected chi connectivity index (χ4v) is 4.40. The number of rotatable bonds is 10. The number of carbonyl (C=O) groups excluding carboxylic acids is 3. The van der Waals surface area contributed by atoms with E-state index in [-0.39, 0.29) is 24.2 Å². The summed E-state index contributed by atoms with van der Waals surface area (Å²) < 4.78 is 5.32. The third kappa shape index (κ3) is 8.76. The Morgan fingerprint density at radius 3 is 2.46 bits per heavy atom. The normalized spacial score (nSPS) is 15.9. The molecule has 2 rings (SSSR count). The summed E-state index contributed by atoms with van der Waals surface area (Å²) in [4.78, 5) is 41.2. The zero-order valence-corrected chi connectivity index (χ0v) is 22.0. The monoisotopic (exact) mass is 501 g/mol. The van der Waals surface area contributed by atoms with E-state index in [0.717, 1.165) is 37.7 Å². The van der Waals surface area contributed by atoms with Crippen molar-refractivity contribution in [3.05, 3.63) is 54.6 Å². The summed E-state index contributed by atoms with van der Waals surface area (Å²) in [5.74, 6) is -0.669. The first-order valence-electron chi connectivity index (χ1n) is 12.1. The molecule has 0 heterocycles. The molecule has 1 fully saturated rings. The average Bonchev–Trinajstić information content (AvgIpc) is 2.81. The van der Waals surface area contributed by atoms with Crippen LogP contribution in [0.15, 0.2) is 43.5 Å². The zero-order valence-electron chi connectivity index (χ0n) is 21.1. The Kier molecular flexibility index (Phi) is 10.9. The number of nitrogens with one attached hydrogen (secondary N) is 2. The van der Waals surface area contributed by atoms with Crippen molar-refractivity contribution in [3.8, 4) is 0 Å². The van der Waals surface area contributed by atoms with Crippen molar-refractivity contribution in [2.75, 3.05) is 12.3 Å². The van der Waals surface area contributed by atoms with Crippen LogP contribution in [-0.4, -0.2) is 52.8 Å². The number of ether oxygens (including phenoxy) is 1. The standard InChI is InChI=1S/C27H39N3O4S/c1-6-16-30(25(32)22(18-35)29-26(33)34-27(3,4)5)23(20-13-11-12-19(7-2)17-20)24(31)28-21-14-9-8-10-15-21/h6-7,11-13,17,21-23,35H,1-2,8-10,14-16,18H2,3-5H3,(H,28,31)(H,29,33). The van der Waals surface area contributed by atoms with Crippen LogP contribution in [0, 0.1) is 0 Å². The van der Waals surface area contributed by atoms with Gasteiger partial charge in [-0.1, -0.05) is 56.2 Å². The van der Waals surface area contributed by atoms with Crippen LogP contribution in [0.3, 0.4) is 0 Å². The van der Waals surface area contributed by atoms with Crippen LogP contribution in [0.1, 0.15) is 70.0 Å². The summed E-state index contributed by atoms with van der Waals surface area (Å²) in [6, 6.07) is 5.55. The molecular formula is C27H39N3O4S. The minimum atomic E-state index is -0.985. The molecule has 3 amide bonds. The van der Waals surface area contributed by atoms with Gasteiger partial charge in [0, 0.05) is 18.3 Å². The number of hydrogen-bond acceptors (Lipinski definition) is 5. The molecule has 7 nitrogen and oxygen atoms in total. The predicted molar refractivity (Wildman–Crippen MR) is 143 cm³/mol. The molecule has 2 N–H and O–H groups in total. The van der Waals surface area contributed by atoms with Gasteiger partial charge in [0.25, 0.3) is 0 Å². The van der Waals surface area contributed by atoms with E-state index in [4.69, 9.17) is 4.74 Å². The van der Waals surface area contributed by atoms with Gasteiger partial charge in [-0.15, -0.1) is 6.58 Å². The number of amides is 3. The minimum absolute atomic E-state index is 0.0371. The number of alkyl carbamates (subject to hydrolysis) is 1. The van der Waals surface area contributed by atoms with Gasteiger partial charge in [0.1, 0.15) is 17.7 Å². The molecule has 1 aliphatic rings. The molecule has 0 aromatic heterocycles. The lowest BCUT2D eigenvalue weighted by Gasteiger charge is -2.35. The highest BCUT2D eigenvalue weighted by molar-refractivity contribution is 7.80. The van der Waals surface area contributed by atoms with E-state index in [1.54, 1.807) is 32.9 Å². The molecule has 1 aliphatic carbocycles. The first-order valence-corrected chi connectivity index (χ1v) is 12.8. The van der Waals surface area contributed by atoms with Gasteiger partial charge in [0.05, 0.1) is 0 Å². The molecule has 35 heavy (non-hydrogen) atoms. The number of nitrogens with zero attached hydrogens (tertiary/aromatic N) is 1. The van der Waals surface area contributed by atoms with Gasteiger partial charge in [0.2, 0.25) is 11.8 Å². The Morgan fingerprint density at radius 1 is 1.20 bits per heavy atom. The molecule has 8 heteroatoms. The maximum atomic E-state index is 13.7. The zero-order chi connectivity index (χ0) is 26.0. The molecule has 0 saturated heterocycles.